The van der Waals surface area contributed by atoms with Gasteiger partial charge < -0.3 is 20.6 Å². The van der Waals surface area contributed by atoms with Gasteiger partial charge >= 0.3 is 6.18 Å². The highest BCUT2D eigenvalue weighted by atomic mass is 32.2. The first-order chi connectivity index (χ1) is 24.1. The van der Waals surface area contributed by atoms with E-state index in [1.165, 1.54) is 35.2 Å². The summed E-state index contributed by atoms with van der Waals surface area (Å²) in [5.74, 6) is -3.30. The molecule has 3 N–H and O–H groups in total. The van der Waals surface area contributed by atoms with Crippen LogP contribution in [0.4, 0.5) is 39.0 Å². The van der Waals surface area contributed by atoms with Crippen molar-refractivity contribution in [3.05, 3.63) is 125 Å². The molecule has 5 rings (SSSR count). The molecule has 2 amide bonds. The Morgan fingerprint density at radius 1 is 0.941 bits per heavy atom. The average molecular weight is 731 g/mol. The maximum Gasteiger partial charge on any atom is 0.416 e. The Labute approximate surface area is 291 Å². The van der Waals surface area contributed by atoms with Gasteiger partial charge in [-0.2, -0.15) is 13.2 Å². The number of para-hydroxylation sites is 1. The number of hydrogen-bond donors (Lipinski definition) is 3. The summed E-state index contributed by atoms with van der Waals surface area (Å²) < 4.78 is 95.4. The third-order valence-corrected chi connectivity index (χ3v) is 9.32. The molecule has 1 aliphatic rings. The maximum absolute atomic E-state index is 14.3. The second-order valence-electron chi connectivity index (χ2n) is 12.1. The van der Waals surface area contributed by atoms with Crippen molar-refractivity contribution in [2.75, 3.05) is 28.6 Å². The first-order valence-corrected chi connectivity index (χ1v) is 17.8. The summed E-state index contributed by atoms with van der Waals surface area (Å²) in [6, 6.07) is 18.9. The number of sulfonamides is 1. The van der Waals surface area contributed by atoms with E-state index >= 15 is 0 Å². The smallest absolute Gasteiger partial charge is 0.390 e. The molecule has 2 atom stereocenters. The van der Waals surface area contributed by atoms with Crippen LogP contribution in [0.25, 0.3) is 0 Å². The number of halogens is 5. The summed E-state index contributed by atoms with van der Waals surface area (Å²) in [5, 5.41) is 17.1. The Kier molecular flexibility index (Phi) is 11.4. The first-order valence-electron chi connectivity index (χ1n) is 15.9. The van der Waals surface area contributed by atoms with Gasteiger partial charge in [-0.15, -0.1) is 0 Å². The number of carbonyl (C=O) groups excluding carboxylic acids is 2. The van der Waals surface area contributed by atoms with Crippen LogP contribution in [-0.2, 0) is 34.0 Å². The topological polar surface area (TPSA) is 119 Å². The van der Waals surface area contributed by atoms with Gasteiger partial charge in [0.1, 0.15) is 11.6 Å². The molecule has 1 fully saturated rings. The summed E-state index contributed by atoms with van der Waals surface area (Å²) in [6.07, 6.45) is -4.36. The third kappa shape index (κ3) is 9.28. The number of alkyl halides is 3. The molecule has 15 heteroatoms. The monoisotopic (exact) mass is 730 g/mol. The van der Waals surface area contributed by atoms with E-state index in [4.69, 9.17) is 0 Å². The fourth-order valence-corrected chi connectivity index (χ4v) is 6.97. The summed E-state index contributed by atoms with van der Waals surface area (Å²) in [4.78, 5) is 28.5. The SMILES string of the molecule is CS(=O)(=O)N(c1cc(F)cc(F)c1)c1cccc(C(=O)N[C@@H](Cc2ccccc2)[C@H](O)CNCc2cccc(C(F)(F)F)c2)c1N1CCCC1=O. The lowest BCUT2D eigenvalue weighted by Crippen LogP contribution is -2.49. The van der Waals surface area contributed by atoms with Crippen LogP contribution in [0.5, 0.6) is 0 Å². The molecule has 0 saturated carbocycles. The predicted octanol–water partition coefficient (Wildman–Crippen LogP) is 5.70. The molecule has 0 aliphatic carbocycles. The molecule has 270 valence electrons. The molecule has 0 bridgehead atoms. The number of nitrogens with one attached hydrogen (secondary N) is 2. The zero-order valence-corrected chi connectivity index (χ0v) is 28.1. The third-order valence-electron chi connectivity index (χ3n) is 8.25. The van der Waals surface area contributed by atoms with E-state index in [9.17, 15) is 45.1 Å². The van der Waals surface area contributed by atoms with E-state index < -0.39 is 63.0 Å². The van der Waals surface area contributed by atoms with Gasteiger partial charge in [0.2, 0.25) is 15.9 Å². The number of benzene rings is 4. The summed E-state index contributed by atoms with van der Waals surface area (Å²) >= 11 is 0. The molecule has 0 spiro atoms. The zero-order chi connectivity index (χ0) is 36.9. The van der Waals surface area contributed by atoms with E-state index in [0.29, 0.717) is 22.4 Å². The van der Waals surface area contributed by atoms with Gasteiger partial charge in [-0.25, -0.2) is 21.5 Å². The van der Waals surface area contributed by atoms with Crippen LogP contribution in [-0.4, -0.2) is 56.8 Å². The van der Waals surface area contributed by atoms with Gasteiger partial charge in [-0.05, 0) is 54.3 Å². The lowest BCUT2D eigenvalue weighted by Gasteiger charge is -2.31. The summed E-state index contributed by atoms with van der Waals surface area (Å²) in [7, 11) is -4.32. The van der Waals surface area contributed by atoms with Crippen LogP contribution < -0.4 is 19.8 Å². The number of aliphatic hydroxyl groups is 1. The van der Waals surface area contributed by atoms with E-state index in [-0.39, 0.29) is 49.4 Å². The number of aliphatic hydroxyl groups excluding tert-OH is 1. The summed E-state index contributed by atoms with van der Waals surface area (Å²) in [6.45, 7) is -0.0302. The lowest BCUT2D eigenvalue weighted by molar-refractivity contribution is -0.137. The second kappa shape index (κ2) is 15.6. The van der Waals surface area contributed by atoms with Crippen LogP contribution in [0.3, 0.4) is 0 Å². The minimum absolute atomic E-state index is 0.0156. The number of amides is 2. The van der Waals surface area contributed by atoms with Gasteiger partial charge in [0.25, 0.3) is 5.91 Å². The van der Waals surface area contributed by atoms with E-state index in [0.717, 1.165) is 36.1 Å². The molecule has 51 heavy (non-hydrogen) atoms. The predicted molar refractivity (Wildman–Crippen MR) is 182 cm³/mol. The highest BCUT2D eigenvalue weighted by Crippen LogP contribution is 2.41. The normalized spacial score (nSPS) is 14.7. The standard InChI is InChI=1S/C36H35F5N4O5S/c1-51(49,50)45(28-19-26(37)18-27(38)20-28)31-13-6-12-29(34(31)44-15-7-14-33(44)47)35(48)43-30(17-23-8-3-2-4-9-23)32(46)22-42-21-24-10-5-11-25(16-24)36(39,40)41/h2-6,8-13,16,18-20,30,32,42,46H,7,14-15,17,21-22H2,1H3,(H,43,48)/t30-,32+/m0/s1. The fourth-order valence-electron chi connectivity index (χ4n) is 5.97. The van der Waals surface area contributed by atoms with E-state index in [1.807, 2.05) is 0 Å². The molecular formula is C36H35F5N4O5S. The molecule has 1 heterocycles. The fraction of sp³-hybridized carbons (Fsp3) is 0.278. The Balaban J connectivity index is 1.49. The van der Waals surface area contributed by atoms with E-state index in [2.05, 4.69) is 10.6 Å². The highest BCUT2D eigenvalue weighted by Gasteiger charge is 2.35. The van der Waals surface area contributed by atoms with Crippen LogP contribution in [0.2, 0.25) is 0 Å². The molecule has 4 aromatic rings. The first kappa shape index (κ1) is 37.4. The zero-order valence-electron chi connectivity index (χ0n) is 27.3. The molecule has 4 aromatic carbocycles. The molecule has 1 aliphatic heterocycles. The molecule has 0 aromatic heterocycles. The van der Waals surface area contributed by atoms with Crippen LogP contribution in [0, 0.1) is 11.6 Å². The van der Waals surface area contributed by atoms with Gasteiger partial charge in [-0.1, -0.05) is 54.6 Å². The largest absolute Gasteiger partial charge is 0.416 e. The van der Waals surface area contributed by atoms with Crippen molar-refractivity contribution < 1.29 is 45.1 Å². The van der Waals surface area contributed by atoms with E-state index in [1.54, 1.807) is 30.3 Å². The van der Waals surface area contributed by atoms with Crippen molar-refractivity contribution >= 4 is 38.9 Å². The molecule has 0 unspecified atom stereocenters. The number of nitrogens with zero attached hydrogens (tertiary/aromatic N) is 2. The lowest BCUT2D eigenvalue weighted by atomic mass is 9.99. The number of anilines is 3. The van der Waals surface area contributed by atoms with Crippen LogP contribution >= 0.6 is 0 Å². The van der Waals surface area contributed by atoms with Crippen LogP contribution in [0.15, 0.2) is 91.0 Å². The molecule has 1 saturated heterocycles. The Hall–Kier alpha value is -4.86. The molecule has 9 nitrogen and oxygen atoms in total. The number of hydrogen-bond acceptors (Lipinski definition) is 6. The Bertz CT molecular complexity index is 1980. The van der Waals surface area contributed by atoms with Crippen molar-refractivity contribution in [3.63, 3.8) is 0 Å². The Morgan fingerprint density at radius 2 is 1.61 bits per heavy atom. The maximum atomic E-state index is 14.3. The minimum atomic E-state index is -4.53. The number of carbonyl (C=O) groups is 2. The van der Waals surface area contributed by atoms with Crippen molar-refractivity contribution in [1.82, 2.24) is 10.6 Å². The molecule has 0 radical (unpaired) electrons. The number of rotatable bonds is 13. The quantitative estimate of drug-likeness (QED) is 0.152. The van der Waals surface area contributed by atoms with Gasteiger partial charge in [0, 0.05) is 32.1 Å². The van der Waals surface area contributed by atoms with Crippen LogP contribution in [0.1, 0.15) is 39.9 Å². The second-order valence-corrected chi connectivity index (χ2v) is 14.0. The van der Waals surface area contributed by atoms with Gasteiger partial charge in [0.05, 0.1) is 46.6 Å². The average Bonchev–Trinajstić information content (AvgIpc) is 3.48. The minimum Gasteiger partial charge on any atom is -0.390 e. The van der Waals surface area contributed by atoms with Crippen molar-refractivity contribution in [2.45, 2.75) is 44.1 Å². The van der Waals surface area contributed by atoms with Crippen molar-refractivity contribution in [3.8, 4) is 0 Å². The van der Waals surface area contributed by atoms with Gasteiger partial charge in [-0.3, -0.25) is 9.59 Å². The van der Waals surface area contributed by atoms with Gasteiger partial charge in [0.15, 0.2) is 0 Å². The summed E-state index contributed by atoms with van der Waals surface area (Å²) in [5.41, 5.74) is -0.606. The Morgan fingerprint density at radius 3 is 2.24 bits per heavy atom. The molecular weight excluding hydrogens is 695 g/mol. The van der Waals surface area contributed by atoms with Crippen molar-refractivity contribution in [1.29, 1.82) is 0 Å². The highest BCUT2D eigenvalue weighted by molar-refractivity contribution is 7.92. The van der Waals surface area contributed by atoms with Crippen molar-refractivity contribution in [2.24, 2.45) is 0 Å².